The van der Waals surface area contributed by atoms with E-state index in [0.29, 0.717) is 5.75 Å². The van der Waals surface area contributed by atoms with E-state index in [9.17, 15) is 9.59 Å². The highest BCUT2D eigenvalue weighted by molar-refractivity contribution is 7.99. The van der Waals surface area contributed by atoms with Gasteiger partial charge in [-0.15, -0.1) is 11.8 Å². The number of nitrogens with zero attached hydrogens (tertiary/aromatic N) is 1. The van der Waals surface area contributed by atoms with E-state index in [-0.39, 0.29) is 11.8 Å². The van der Waals surface area contributed by atoms with Crippen molar-refractivity contribution < 1.29 is 9.59 Å². The summed E-state index contributed by atoms with van der Waals surface area (Å²) in [7, 11) is 1.81. The van der Waals surface area contributed by atoms with Gasteiger partial charge in [-0.2, -0.15) is 0 Å². The normalized spacial score (nSPS) is 11.8. The van der Waals surface area contributed by atoms with Crippen molar-refractivity contribution >= 4 is 23.6 Å². The largest absolute Gasteiger partial charge is 0.344 e. The van der Waals surface area contributed by atoms with E-state index in [1.54, 1.807) is 23.7 Å². The summed E-state index contributed by atoms with van der Waals surface area (Å²) >= 11 is 1.61. The first-order valence-electron chi connectivity index (χ1n) is 9.21. The first kappa shape index (κ1) is 21.6. The van der Waals surface area contributed by atoms with Gasteiger partial charge >= 0.3 is 0 Å². The minimum Gasteiger partial charge on any atom is -0.344 e. The lowest BCUT2D eigenvalue weighted by atomic mass is 10.1. The van der Waals surface area contributed by atoms with Crippen molar-refractivity contribution in [3.05, 3.63) is 29.8 Å². The average Bonchev–Trinajstić information content (AvgIpc) is 2.61. The zero-order valence-corrected chi connectivity index (χ0v) is 16.8. The van der Waals surface area contributed by atoms with Crippen LogP contribution in [0.5, 0.6) is 0 Å². The van der Waals surface area contributed by atoms with Crippen molar-refractivity contribution in [1.82, 2.24) is 10.2 Å². The van der Waals surface area contributed by atoms with Crippen molar-refractivity contribution in [2.45, 2.75) is 63.8 Å². The standard InChI is InChI=1S/C20H32N2O2S/c1-5-7-9-17-10-12-18(13-11-17)25-15-19(21-16(3)23)20(24)22(4)14-8-6-2/h10-13,19H,5-9,14-15H2,1-4H3,(H,21,23). The Bertz CT molecular complexity index is 531. The second-order valence-corrected chi connectivity index (χ2v) is 7.52. The van der Waals surface area contributed by atoms with Crippen molar-refractivity contribution in [1.29, 1.82) is 0 Å². The predicted octanol–water partition coefficient (Wildman–Crippen LogP) is 3.88. The molecule has 4 nitrogen and oxygen atoms in total. The molecule has 0 radical (unpaired) electrons. The van der Waals surface area contributed by atoms with Gasteiger partial charge in [0.15, 0.2) is 0 Å². The number of hydrogen-bond acceptors (Lipinski definition) is 3. The molecule has 1 atom stereocenters. The molecule has 0 fully saturated rings. The predicted molar refractivity (Wildman–Crippen MR) is 106 cm³/mol. The number of rotatable bonds is 11. The minimum atomic E-state index is -0.482. The Kier molecular flexibility index (Phi) is 10.3. The number of unbranched alkanes of at least 4 members (excludes halogenated alkanes) is 2. The summed E-state index contributed by atoms with van der Waals surface area (Å²) in [5, 5.41) is 2.80. The molecule has 1 aromatic rings. The summed E-state index contributed by atoms with van der Waals surface area (Å²) < 4.78 is 0. The summed E-state index contributed by atoms with van der Waals surface area (Å²) in [5.74, 6) is 0.358. The molecule has 0 aliphatic heterocycles. The van der Waals surface area contributed by atoms with Crippen LogP contribution in [-0.4, -0.2) is 42.1 Å². The fraction of sp³-hybridized carbons (Fsp3) is 0.600. The van der Waals surface area contributed by atoms with Crippen LogP contribution in [0.25, 0.3) is 0 Å². The number of benzene rings is 1. The number of carbonyl (C=O) groups is 2. The molecule has 0 bridgehead atoms. The molecule has 5 heteroatoms. The van der Waals surface area contributed by atoms with Crippen molar-refractivity contribution in [2.24, 2.45) is 0 Å². The summed E-state index contributed by atoms with van der Waals surface area (Å²) in [6, 6.07) is 8.03. The molecule has 25 heavy (non-hydrogen) atoms. The van der Waals surface area contributed by atoms with E-state index in [4.69, 9.17) is 0 Å². The Balaban J connectivity index is 2.62. The van der Waals surface area contributed by atoms with Gasteiger partial charge in [0.2, 0.25) is 11.8 Å². The number of amides is 2. The molecule has 1 N–H and O–H groups in total. The van der Waals surface area contributed by atoms with Gasteiger partial charge in [0.25, 0.3) is 0 Å². The van der Waals surface area contributed by atoms with Crippen LogP contribution < -0.4 is 5.32 Å². The summed E-state index contributed by atoms with van der Waals surface area (Å²) in [4.78, 5) is 26.9. The van der Waals surface area contributed by atoms with Crippen LogP contribution in [0.1, 0.15) is 52.0 Å². The lowest BCUT2D eigenvalue weighted by molar-refractivity contribution is -0.134. The molecule has 1 unspecified atom stereocenters. The van der Waals surface area contributed by atoms with E-state index in [2.05, 4.69) is 43.4 Å². The molecule has 0 saturated heterocycles. The second-order valence-electron chi connectivity index (χ2n) is 6.42. The van der Waals surface area contributed by atoms with E-state index in [1.807, 2.05) is 0 Å². The molecule has 0 saturated carbocycles. The van der Waals surface area contributed by atoms with Gasteiger partial charge < -0.3 is 10.2 Å². The smallest absolute Gasteiger partial charge is 0.245 e. The van der Waals surface area contributed by atoms with E-state index >= 15 is 0 Å². The molecule has 0 spiro atoms. The number of carbonyl (C=O) groups excluding carboxylic acids is 2. The van der Waals surface area contributed by atoms with Crippen molar-refractivity contribution in [2.75, 3.05) is 19.3 Å². The van der Waals surface area contributed by atoms with Gasteiger partial charge in [0.1, 0.15) is 6.04 Å². The lowest BCUT2D eigenvalue weighted by Crippen LogP contribution is -2.48. The third kappa shape index (κ3) is 8.43. The lowest BCUT2D eigenvalue weighted by Gasteiger charge is -2.24. The van der Waals surface area contributed by atoms with E-state index in [1.165, 1.54) is 25.3 Å². The molecule has 0 aromatic heterocycles. The zero-order chi connectivity index (χ0) is 18.7. The fourth-order valence-corrected chi connectivity index (χ4v) is 3.42. The molecule has 140 valence electrons. The van der Waals surface area contributed by atoms with E-state index < -0.39 is 6.04 Å². The maximum atomic E-state index is 12.6. The zero-order valence-electron chi connectivity index (χ0n) is 16.0. The summed E-state index contributed by atoms with van der Waals surface area (Å²) in [6.45, 7) is 6.48. The van der Waals surface area contributed by atoms with Gasteiger partial charge in [-0.05, 0) is 37.0 Å². The Labute approximate surface area is 156 Å². The summed E-state index contributed by atoms with van der Waals surface area (Å²) in [6.07, 6.45) is 5.53. The quantitative estimate of drug-likeness (QED) is 0.606. The van der Waals surface area contributed by atoms with E-state index in [0.717, 1.165) is 30.7 Å². The maximum absolute atomic E-state index is 12.6. The second kappa shape index (κ2) is 12.0. The third-order valence-corrected chi connectivity index (χ3v) is 5.16. The number of hydrogen-bond donors (Lipinski definition) is 1. The molecule has 0 aliphatic carbocycles. The Morgan fingerprint density at radius 2 is 1.76 bits per heavy atom. The van der Waals surface area contributed by atoms with Crippen LogP contribution in [-0.2, 0) is 16.0 Å². The topological polar surface area (TPSA) is 49.4 Å². The van der Waals surface area contributed by atoms with Crippen LogP contribution in [0.3, 0.4) is 0 Å². The summed E-state index contributed by atoms with van der Waals surface area (Å²) in [5.41, 5.74) is 1.35. The van der Waals surface area contributed by atoms with Crippen LogP contribution in [0.15, 0.2) is 29.2 Å². The van der Waals surface area contributed by atoms with Gasteiger partial charge in [0, 0.05) is 31.2 Å². The Morgan fingerprint density at radius 1 is 1.12 bits per heavy atom. The average molecular weight is 365 g/mol. The molecule has 0 aliphatic rings. The number of likely N-dealkylation sites (N-methyl/N-ethyl adjacent to an activating group) is 1. The fourth-order valence-electron chi connectivity index (χ4n) is 2.50. The first-order valence-corrected chi connectivity index (χ1v) is 10.2. The van der Waals surface area contributed by atoms with Gasteiger partial charge in [-0.25, -0.2) is 0 Å². The molecular weight excluding hydrogens is 332 g/mol. The van der Waals surface area contributed by atoms with Crippen molar-refractivity contribution in [3.8, 4) is 0 Å². The van der Waals surface area contributed by atoms with Gasteiger partial charge in [0.05, 0.1) is 0 Å². The Hall–Kier alpha value is -1.49. The van der Waals surface area contributed by atoms with Gasteiger partial charge in [-0.1, -0.05) is 38.8 Å². The highest BCUT2D eigenvalue weighted by atomic mass is 32.2. The molecule has 1 aromatic carbocycles. The van der Waals surface area contributed by atoms with Gasteiger partial charge in [-0.3, -0.25) is 9.59 Å². The Morgan fingerprint density at radius 3 is 2.32 bits per heavy atom. The highest BCUT2D eigenvalue weighted by Gasteiger charge is 2.22. The maximum Gasteiger partial charge on any atom is 0.245 e. The molecule has 0 heterocycles. The van der Waals surface area contributed by atoms with Crippen LogP contribution >= 0.6 is 11.8 Å². The van der Waals surface area contributed by atoms with Crippen molar-refractivity contribution in [3.63, 3.8) is 0 Å². The third-order valence-electron chi connectivity index (χ3n) is 4.06. The van der Waals surface area contributed by atoms with Crippen LogP contribution in [0.2, 0.25) is 0 Å². The first-order chi connectivity index (χ1) is 12.0. The van der Waals surface area contributed by atoms with Crippen LogP contribution in [0, 0.1) is 0 Å². The number of thioether (sulfide) groups is 1. The highest BCUT2D eigenvalue weighted by Crippen LogP contribution is 2.20. The SMILES string of the molecule is CCCCc1ccc(SCC(NC(C)=O)C(=O)N(C)CCCC)cc1. The number of nitrogens with one attached hydrogen (secondary N) is 1. The monoisotopic (exact) mass is 364 g/mol. The minimum absolute atomic E-state index is 0.0179. The molecule has 2 amide bonds. The molecule has 1 rings (SSSR count). The molecular formula is C20H32N2O2S. The number of aryl methyl sites for hydroxylation is 1. The van der Waals surface area contributed by atoms with Crippen LogP contribution in [0.4, 0.5) is 0 Å².